The van der Waals surface area contributed by atoms with Crippen LogP contribution >= 0.6 is 0 Å². The van der Waals surface area contributed by atoms with Crippen molar-refractivity contribution in [2.45, 2.75) is 20.0 Å². The highest BCUT2D eigenvalue weighted by Crippen LogP contribution is 2.09. The molecule has 0 unspecified atom stereocenters. The Bertz CT molecular complexity index is 665. The summed E-state index contributed by atoms with van der Waals surface area (Å²) in [5.74, 6) is -0.450. The van der Waals surface area contributed by atoms with Gasteiger partial charge in [0.15, 0.2) is 0 Å². The van der Waals surface area contributed by atoms with Gasteiger partial charge in [-0.25, -0.2) is 4.39 Å². The van der Waals surface area contributed by atoms with Gasteiger partial charge in [-0.05, 0) is 35.7 Å². The number of nitrogens with one attached hydrogen (secondary N) is 1. The van der Waals surface area contributed by atoms with Crippen LogP contribution in [0.5, 0.6) is 0 Å². The maximum atomic E-state index is 13.5. The minimum atomic E-state index is -0.278. The van der Waals surface area contributed by atoms with Crippen molar-refractivity contribution in [3.63, 3.8) is 0 Å². The molecule has 0 saturated carbocycles. The highest BCUT2D eigenvalue weighted by Gasteiger charge is 2.11. The number of aliphatic hydroxyl groups is 1. The van der Waals surface area contributed by atoms with Gasteiger partial charge in [0, 0.05) is 32.0 Å². The lowest BCUT2D eigenvalue weighted by atomic mass is 10.1. The number of pyridine rings is 1. The average Bonchev–Trinajstić information content (AvgIpc) is 2.57. The van der Waals surface area contributed by atoms with Gasteiger partial charge in [0.2, 0.25) is 5.91 Å². The second-order valence-electron chi connectivity index (χ2n) is 5.66. The minimum absolute atomic E-state index is 0.0310. The molecule has 24 heavy (non-hydrogen) atoms. The van der Waals surface area contributed by atoms with Gasteiger partial charge in [0.1, 0.15) is 5.82 Å². The van der Waals surface area contributed by atoms with E-state index < -0.39 is 0 Å². The number of aromatic nitrogens is 1. The number of halogens is 1. The van der Waals surface area contributed by atoms with Crippen LogP contribution in [0.4, 0.5) is 4.39 Å². The molecule has 0 fully saturated rings. The zero-order valence-electron chi connectivity index (χ0n) is 13.7. The number of rotatable bonds is 8. The van der Waals surface area contributed by atoms with E-state index in [0.29, 0.717) is 24.2 Å². The second-order valence-corrected chi connectivity index (χ2v) is 5.66. The molecular formula is C18H22FN3O2. The lowest BCUT2D eigenvalue weighted by Crippen LogP contribution is -2.38. The molecule has 0 aliphatic carbocycles. The van der Waals surface area contributed by atoms with E-state index in [2.05, 4.69) is 10.3 Å². The van der Waals surface area contributed by atoms with Gasteiger partial charge in [-0.2, -0.15) is 0 Å². The highest BCUT2D eigenvalue weighted by molar-refractivity contribution is 5.78. The topological polar surface area (TPSA) is 65.5 Å². The summed E-state index contributed by atoms with van der Waals surface area (Å²) < 4.78 is 13.5. The molecule has 1 aromatic heterocycles. The normalized spacial score (nSPS) is 10.8. The van der Waals surface area contributed by atoms with Crippen molar-refractivity contribution in [1.29, 1.82) is 0 Å². The van der Waals surface area contributed by atoms with Gasteiger partial charge in [-0.1, -0.05) is 18.2 Å². The van der Waals surface area contributed by atoms with E-state index in [1.165, 1.54) is 6.07 Å². The Morgan fingerprint density at radius 3 is 2.83 bits per heavy atom. The predicted octanol–water partition coefficient (Wildman–Crippen LogP) is 1.64. The van der Waals surface area contributed by atoms with Crippen molar-refractivity contribution in [1.82, 2.24) is 15.2 Å². The Balaban J connectivity index is 1.86. The lowest BCUT2D eigenvalue weighted by molar-refractivity contribution is -0.122. The van der Waals surface area contributed by atoms with Crippen LogP contribution < -0.4 is 5.32 Å². The predicted molar refractivity (Wildman–Crippen MR) is 89.6 cm³/mol. The fourth-order valence-corrected chi connectivity index (χ4v) is 2.31. The van der Waals surface area contributed by atoms with Crippen molar-refractivity contribution in [3.8, 4) is 0 Å². The summed E-state index contributed by atoms with van der Waals surface area (Å²) in [5, 5.41) is 11.9. The van der Waals surface area contributed by atoms with Crippen molar-refractivity contribution >= 4 is 5.91 Å². The Kier molecular flexibility index (Phi) is 6.84. The Morgan fingerprint density at radius 2 is 2.17 bits per heavy atom. The monoisotopic (exact) mass is 331 g/mol. The number of carbonyl (C=O) groups is 1. The SMILES string of the molecule is Cc1ccc(CNC(=O)CN(CCO)Cc2cccnc2)cc1F. The van der Waals surface area contributed by atoms with Crippen LogP contribution in [0.1, 0.15) is 16.7 Å². The number of hydrogen-bond donors (Lipinski definition) is 2. The molecule has 1 aromatic carbocycles. The maximum absolute atomic E-state index is 13.5. The minimum Gasteiger partial charge on any atom is -0.395 e. The zero-order chi connectivity index (χ0) is 17.4. The molecule has 2 aromatic rings. The average molecular weight is 331 g/mol. The first-order valence-electron chi connectivity index (χ1n) is 7.82. The number of nitrogens with zero attached hydrogens (tertiary/aromatic N) is 2. The molecule has 1 heterocycles. The quantitative estimate of drug-likeness (QED) is 0.772. The third-order valence-corrected chi connectivity index (χ3v) is 3.64. The van der Waals surface area contributed by atoms with Crippen LogP contribution in [0, 0.1) is 12.7 Å². The molecule has 0 aliphatic rings. The van der Waals surface area contributed by atoms with Crippen LogP contribution in [-0.4, -0.2) is 40.6 Å². The van der Waals surface area contributed by atoms with Crippen molar-refractivity contribution in [2.24, 2.45) is 0 Å². The summed E-state index contributed by atoms with van der Waals surface area (Å²) in [5.41, 5.74) is 2.27. The molecule has 128 valence electrons. The molecule has 0 saturated heterocycles. The molecular weight excluding hydrogens is 309 g/mol. The molecule has 2 N–H and O–H groups in total. The van der Waals surface area contributed by atoms with Crippen LogP contribution in [0.2, 0.25) is 0 Å². The zero-order valence-corrected chi connectivity index (χ0v) is 13.7. The first kappa shape index (κ1) is 18.0. The fraction of sp³-hybridized carbons (Fsp3) is 0.333. The van der Waals surface area contributed by atoms with Gasteiger partial charge in [-0.15, -0.1) is 0 Å². The van der Waals surface area contributed by atoms with E-state index in [0.717, 1.165) is 5.56 Å². The number of aliphatic hydroxyl groups excluding tert-OH is 1. The number of benzene rings is 1. The molecule has 2 rings (SSSR count). The molecule has 0 bridgehead atoms. The van der Waals surface area contributed by atoms with E-state index in [1.807, 2.05) is 17.0 Å². The molecule has 0 aliphatic heterocycles. The molecule has 1 amide bonds. The molecule has 6 heteroatoms. The number of carbonyl (C=O) groups excluding carboxylic acids is 1. The van der Waals surface area contributed by atoms with Crippen molar-refractivity contribution < 1.29 is 14.3 Å². The van der Waals surface area contributed by atoms with Gasteiger partial charge in [0.05, 0.1) is 13.2 Å². The molecule has 5 nitrogen and oxygen atoms in total. The number of aryl methyl sites for hydroxylation is 1. The Morgan fingerprint density at radius 1 is 1.33 bits per heavy atom. The van der Waals surface area contributed by atoms with Crippen LogP contribution in [0.3, 0.4) is 0 Å². The Labute approximate surface area is 141 Å². The van der Waals surface area contributed by atoms with Crippen LogP contribution in [0.15, 0.2) is 42.7 Å². The maximum Gasteiger partial charge on any atom is 0.234 e. The summed E-state index contributed by atoms with van der Waals surface area (Å²) in [6, 6.07) is 8.66. The number of amides is 1. The van der Waals surface area contributed by atoms with Crippen LogP contribution in [-0.2, 0) is 17.9 Å². The van der Waals surface area contributed by atoms with Gasteiger partial charge in [0.25, 0.3) is 0 Å². The largest absolute Gasteiger partial charge is 0.395 e. The van der Waals surface area contributed by atoms with Gasteiger partial charge in [-0.3, -0.25) is 14.7 Å². The van der Waals surface area contributed by atoms with E-state index in [1.54, 1.807) is 31.5 Å². The lowest BCUT2D eigenvalue weighted by Gasteiger charge is -2.20. The third kappa shape index (κ3) is 5.72. The third-order valence-electron chi connectivity index (χ3n) is 3.64. The molecule has 0 radical (unpaired) electrons. The smallest absolute Gasteiger partial charge is 0.234 e. The highest BCUT2D eigenvalue weighted by atomic mass is 19.1. The first-order chi connectivity index (χ1) is 11.6. The van der Waals surface area contributed by atoms with Crippen molar-refractivity contribution in [3.05, 3.63) is 65.2 Å². The molecule has 0 atom stereocenters. The Hall–Kier alpha value is -2.31. The summed E-state index contributed by atoms with van der Waals surface area (Å²) in [4.78, 5) is 18.0. The standard InChI is InChI=1S/C18H22FN3O2/c1-14-4-5-15(9-17(14)19)11-21-18(24)13-22(7-8-23)12-16-3-2-6-20-10-16/h2-6,9-10,23H,7-8,11-13H2,1H3,(H,21,24). The fourth-order valence-electron chi connectivity index (χ4n) is 2.31. The van der Waals surface area contributed by atoms with E-state index in [-0.39, 0.29) is 31.4 Å². The second kappa shape index (κ2) is 9.10. The van der Waals surface area contributed by atoms with E-state index >= 15 is 0 Å². The number of hydrogen-bond acceptors (Lipinski definition) is 4. The van der Waals surface area contributed by atoms with E-state index in [9.17, 15) is 9.18 Å². The summed E-state index contributed by atoms with van der Waals surface area (Å²) >= 11 is 0. The van der Waals surface area contributed by atoms with Gasteiger partial charge < -0.3 is 10.4 Å². The van der Waals surface area contributed by atoms with Crippen LogP contribution in [0.25, 0.3) is 0 Å². The van der Waals surface area contributed by atoms with E-state index in [4.69, 9.17) is 5.11 Å². The summed E-state index contributed by atoms with van der Waals surface area (Å²) in [6.07, 6.45) is 3.42. The van der Waals surface area contributed by atoms with Crippen molar-refractivity contribution in [2.75, 3.05) is 19.7 Å². The van der Waals surface area contributed by atoms with Gasteiger partial charge >= 0.3 is 0 Å². The molecule has 0 spiro atoms. The first-order valence-corrected chi connectivity index (χ1v) is 7.82. The summed E-state index contributed by atoms with van der Waals surface area (Å²) in [6.45, 7) is 3.02. The summed E-state index contributed by atoms with van der Waals surface area (Å²) in [7, 11) is 0.